The number of benzene rings is 1. The molecule has 1 heterocycles. The van der Waals surface area contributed by atoms with Crippen molar-refractivity contribution in [3.63, 3.8) is 0 Å². The Balaban J connectivity index is 2.03. The molecular formula is C13H15FN2O3. The highest BCUT2D eigenvalue weighted by Gasteiger charge is 2.25. The number of hydrogen-bond donors (Lipinski definition) is 2. The number of phenolic OH excluding ortho intramolecular Hbond substituents is 1. The summed E-state index contributed by atoms with van der Waals surface area (Å²) < 4.78 is 13.5. The van der Waals surface area contributed by atoms with Gasteiger partial charge in [-0.15, -0.1) is 0 Å². The Kier molecular flexibility index (Phi) is 3.69. The molecule has 2 N–H and O–H groups in total. The number of carbonyl (C=O) groups excluding carboxylic acids is 2. The topological polar surface area (TPSA) is 69.6 Å². The number of piperidine rings is 1. The number of likely N-dealkylation sites (N-methyl/N-ethyl adjacent to an activating group) is 1. The molecule has 0 radical (unpaired) electrons. The molecule has 0 saturated carbocycles. The molecule has 0 spiro atoms. The Labute approximate surface area is 110 Å². The summed E-state index contributed by atoms with van der Waals surface area (Å²) in [6.07, 6.45) is 0.925. The molecule has 6 heteroatoms. The third-order valence-electron chi connectivity index (χ3n) is 3.16. The van der Waals surface area contributed by atoms with Gasteiger partial charge in [0, 0.05) is 32.1 Å². The van der Waals surface area contributed by atoms with Crippen LogP contribution < -0.4 is 5.32 Å². The molecule has 1 aromatic carbocycles. The van der Waals surface area contributed by atoms with E-state index < -0.39 is 11.7 Å². The summed E-state index contributed by atoms with van der Waals surface area (Å²) in [7, 11) is 1.67. The lowest BCUT2D eigenvalue weighted by atomic mass is 10.0. The van der Waals surface area contributed by atoms with Gasteiger partial charge in [0.25, 0.3) is 5.91 Å². The Morgan fingerprint density at radius 1 is 1.53 bits per heavy atom. The van der Waals surface area contributed by atoms with Gasteiger partial charge >= 0.3 is 0 Å². The molecule has 0 aromatic heterocycles. The molecule has 1 saturated heterocycles. The fourth-order valence-corrected chi connectivity index (χ4v) is 2.08. The number of nitrogens with zero attached hydrogens (tertiary/aromatic N) is 1. The molecule has 1 atom stereocenters. The molecule has 0 aliphatic carbocycles. The van der Waals surface area contributed by atoms with Gasteiger partial charge in [-0.05, 0) is 18.6 Å². The lowest BCUT2D eigenvalue weighted by Crippen LogP contribution is -2.48. The fraction of sp³-hybridized carbons (Fsp3) is 0.385. The lowest BCUT2D eigenvalue weighted by Gasteiger charge is -2.30. The first kappa shape index (κ1) is 13.3. The standard InChI is InChI=1S/C13H15FN2O3/c1-16-7-8(2-5-12(16)18)15-13(19)10-4-3-9(17)6-11(10)14/h3-4,6,8,17H,2,5,7H2,1H3,(H,15,19). The van der Waals surface area contributed by atoms with E-state index in [0.29, 0.717) is 19.4 Å². The van der Waals surface area contributed by atoms with Gasteiger partial charge in [-0.3, -0.25) is 9.59 Å². The van der Waals surface area contributed by atoms with E-state index >= 15 is 0 Å². The number of rotatable bonds is 2. The van der Waals surface area contributed by atoms with E-state index in [1.54, 1.807) is 11.9 Å². The van der Waals surface area contributed by atoms with E-state index in [2.05, 4.69) is 5.32 Å². The number of halogens is 1. The smallest absolute Gasteiger partial charge is 0.254 e. The summed E-state index contributed by atoms with van der Waals surface area (Å²) in [6, 6.07) is 3.21. The Morgan fingerprint density at radius 3 is 2.89 bits per heavy atom. The maximum atomic E-state index is 13.5. The highest BCUT2D eigenvalue weighted by atomic mass is 19.1. The highest BCUT2D eigenvalue weighted by Crippen LogP contribution is 2.16. The minimum atomic E-state index is -0.766. The van der Waals surface area contributed by atoms with E-state index in [-0.39, 0.29) is 23.3 Å². The molecule has 102 valence electrons. The summed E-state index contributed by atoms with van der Waals surface area (Å²) in [5, 5.41) is 11.8. The van der Waals surface area contributed by atoms with Crippen LogP contribution in [0.25, 0.3) is 0 Å². The third kappa shape index (κ3) is 3.01. The van der Waals surface area contributed by atoms with Crippen LogP contribution in [0.5, 0.6) is 5.75 Å². The van der Waals surface area contributed by atoms with Gasteiger partial charge in [-0.1, -0.05) is 0 Å². The molecule has 1 aliphatic heterocycles. The first-order valence-corrected chi connectivity index (χ1v) is 6.00. The van der Waals surface area contributed by atoms with Crippen molar-refractivity contribution in [2.45, 2.75) is 18.9 Å². The minimum Gasteiger partial charge on any atom is -0.508 e. The molecule has 2 rings (SSSR count). The zero-order valence-electron chi connectivity index (χ0n) is 10.5. The maximum absolute atomic E-state index is 13.5. The largest absolute Gasteiger partial charge is 0.508 e. The van der Waals surface area contributed by atoms with Gasteiger partial charge in [0.1, 0.15) is 11.6 Å². The fourth-order valence-electron chi connectivity index (χ4n) is 2.08. The number of nitrogens with one attached hydrogen (secondary N) is 1. The summed E-state index contributed by atoms with van der Waals surface area (Å²) in [5.41, 5.74) is -0.114. The van der Waals surface area contributed by atoms with E-state index in [4.69, 9.17) is 5.11 Å². The summed E-state index contributed by atoms with van der Waals surface area (Å²) in [4.78, 5) is 24.8. The van der Waals surface area contributed by atoms with Crippen molar-refractivity contribution in [3.8, 4) is 5.75 Å². The van der Waals surface area contributed by atoms with Gasteiger partial charge in [-0.25, -0.2) is 4.39 Å². The molecular weight excluding hydrogens is 251 g/mol. The lowest BCUT2D eigenvalue weighted by molar-refractivity contribution is -0.132. The average Bonchev–Trinajstić information content (AvgIpc) is 2.33. The van der Waals surface area contributed by atoms with Gasteiger partial charge < -0.3 is 15.3 Å². The van der Waals surface area contributed by atoms with Gasteiger partial charge in [0.05, 0.1) is 5.56 Å². The first-order valence-electron chi connectivity index (χ1n) is 6.00. The van der Waals surface area contributed by atoms with Gasteiger partial charge in [-0.2, -0.15) is 0 Å². The number of carbonyl (C=O) groups is 2. The van der Waals surface area contributed by atoms with Crippen molar-refractivity contribution >= 4 is 11.8 Å². The number of aromatic hydroxyl groups is 1. The van der Waals surface area contributed by atoms with Crippen molar-refractivity contribution in [3.05, 3.63) is 29.6 Å². The average molecular weight is 266 g/mol. The number of amides is 2. The van der Waals surface area contributed by atoms with Crippen molar-refractivity contribution in [1.29, 1.82) is 0 Å². The van der Waals surface area contributed by atoms with Crippen LogP contribution in [0.4, 0.5) is 4.39 Å². The second-order valence-electron chi connectivity index (χ2n) is 4.65. The Morgan fingerprint density at radius 2 is 2.26 bits per heavy atom. The Bertz CT molecular complexity index is 519. The molecule has 1 unspecified atom stereocenters. The first-order chi connectivity index (χ1) is 8.97. The molecule has 1 fully saturated rings. The number of likely N-dealkylation sites (tertiary alicyclic amines) is 1. The second-order valence-corrected chi connectivity index (χ2v) is 4.65. The summed E-state index contributed by atoms with van der Waals surface area (Å²) >= 11 is 0. The molecule has 5 nitrogen and oxygen atoms in total. The molecule has 0 bridgehead atoms. The molecule has 1 aromatic rings. The maximum Gasteiger partial charge on any atom is 0.254 e. The predicted molar refractivity (Wildman–Crippen MR) is 66.2 cm³/mol. The minimum absolute atomic E-state index is 0.0429. The monoisotopic (exact) mass is 266 g/mol. The van der Waals surface area contributed by atoms with E-state index in [0.717, 1.165) is 6.07 Å². The van der Waals surface area contributed by atoms with Gasteiger partial charge in [0.2, 0.25) is 5.91 Å². The van der Waals surface area contributed by atoms with E-state index in [1.165, 1.54) is 12.1 Å². The van der Waals surface area contributed by atoms with Gasteiger partial charge in [0.15, 0.2) is 0 Å². The molecule has 2 amide bonds. The van der Waals surface area contributed by atoms with Crippen LogP contribution in [0.3, 0.4) is 0 Å². The van der Waals surface area contributed by atoms with Crippen LogP contribution in [0.15, 0.2) is 18.2 Å². The third-order valence-corrected chi connectivity index (χ3v) is 3.16. The van der Waals surface area contributed by atoms with Crippen molar-refractivity contribution < 1.29 is 19.1 Å². The Hall–Kier alpha value is -2.11. The van der Waals surface area contributed by atoms with Crippen molar-refractivity contribution in [2.24, 2.45) is 0 Å². The summed E-state index contributed by atoms with van der Waals surface area (Å²) in [6.45, 7) is 0.421. The van der Waals surface area contributed by atoms with Crippen LogP contribution in [-0.4, -0.2) is 41.5 Å². The SMILES string of the molecule is CN1CC(NC(=O)c2ccc(O)cc2F)CCC1=O. The van der Waals surface area contributed by atoms with Crippen LogP contribution in [-0.2, 0) is 4.79 Å². The van der Waals surface area contributed by atoms with Crippen LogP contribution in [0.2, 0.25) is 0 Å². The van der Waals surface area contributed by atoms with E-state index in [1.807, 2.05) is 0 Å². The van der Waals surface area contributed by atoms with Crippen LogP contribution in [0, 0.1) is 5.82 Å². The summed E-state index contributed by atoms with van der Waals surface area (Å²) in [5.74, 6) is -1.48. The normalized spacial score (nSPS) is 19.4. The van der Waals surface area contributed by atoms with Crippen LogP contribution in [0.1, 0.15) is 23.2 Å². The number of hydrogen-bond acceptors (Lipinski definition) is 3. The quantitative estimate of drug-likeness (QED) is 0.835. The molecule has 1 aliphatic rings. The van der Waals surface area contributed by atoms with Crippen molar-refractivity contribution in [1.82, 2.24) is 10.2 Å². The second kappa shape index (κ2) is 5.26. The van der Waals surface area contributed by atoms with Crippen molar-refractivity contribution in [2.75, 3.05) is 13.6 Å². The zero-order valence-corrected chi connectivity index (χ0v) is 10.5. The highest BCUT2D eigenvalue weighted by molar-refractivity contribution is 5.95. The zero-order chi connectivity index (χ0) is 14.0. The van der Waals surface area contributed by atoms with Crippen LogP contribution >= 0.6 is 0 Å². The predicted octanol–water partition coefficient (Wildman–Crippen LogP) is 0.882. The number of phenols is 1. The molecule has 19 heavy (non-hydrogen) atoms. The van der Waals surface area contributed by atoms with E-state index in [9.17, 15) is 14.0 Å².